The fraction of sp³-hybridized carbons (Fsp3) is 0.429. The molecule has 0 aliphatic rings. The summed E-state index contributed by atoms with van der Waals surface area (Å²) in [6, 6.07) is 7.32. The van der Waals surface area contributed by atoms with Gasteiger partial charge in [-0.1, -0.05) is 23.7 Å². The van der Waals surface area contributed by atoms with E-state index < -0.39 is 0 Å². The third-order valence-electron chi connectivity index (χ3n) is 2.61. The van der Waals surface area contributed by atoms with E-state index in [0.29, 0.717) is 18.2 Å². The molecule has 0 atom stereocenters. The van der Waals surface area contributed by atoms with Crippen molar-refractivity contribution in [1.29, 1.82) is 0 Å². The number of amides is 1. The van der Waals surface area contributed by atoms with E-state index >= 15 is 0 Å². The van der Waals surface area contributed by atoms with Gasteiger partial charge >= 0.3 is 5.97 Å². The number of carbonyl (C=O) groups is 2. The number of hydrogen-bond donors (Lipinski definition) is 0. The number of ether oxygens (including phenoxy) is 1. The Bertz CT molecular complexity index is 431. The number of esters is 1. The van der Waals surface area contributed by atoms with Crippen molar-refractivity contribution in [2.24, 2.45) is 0 Å². The van der Waals surface area contributed by atoms with Gasteiger partial charge in [-0.3, -0.25) is 9.59 Å². The molecule has 0 spiro atoms. The predicted octanol–water partition coefficient (Wildman–Crippen LogP) is 2.64. The molecule has 0 aromatic heterocycles. The number of carbonyl (C=O) groups excluding carboxylic acids is 2. The molecule has 0 unspecified atom stereocenters. The van der Waals surface area contributed by atoms with Gasteiger partial charge in [-0.15, -0.1) is 0 Å². The lowest BCUT2D eigenvalue weighted by Gasteiger charge is -2.17. The topological polar surface area (TPSA) is 46.6 Å². The second kappa shape index (κ2) is 7.79. The van der Waals surface area contributed by atoms with Crippen LogP contribution in [0.4, 0.5) is 0 Å². The van der Waals surface area contributed by atoms with Crippen LogP contribution in [0.2, 0.25) is 5.02 Å². The van der Waals surface area contributed by atoms with Gasteiger partial charge < -0.3 is 9.64 Å². The van der Waals surface area contributed by atoms with Crippen molar-refractivity contribution in [1.82, 2.24) is 4.90 Å². The van der Waals surface area contributed by atoms with Crippen molar-refractivity contribution in [2.75, 3.05) is 13.7 Å². The van der Waals surface area contributed by atoms with Crippen LogP contribution in [0, 0.1) is 0 Å². The average molecular weight is 284 g/mol. The minimum Gasteiger partial charge on any atom is -0.466 e. The molecule has 0 radical (unpaired) electrons. The van der Waals surface area contributed by atoms with Crippen LogP contribution in [-0.2, 0) is 20.9 Å². The number of hydrogen-bond acceptors (Lipinski definition) is 3. The first-order valence-corrected chi connectivity index (χ1v) is 6.54. The van der Waals surface area contributed by atoms with Gasteiger partial charge in [0.05, 0.1) is 13.0 Å². The van der Waals surface area contributed by atoms with Crippen molar-refractivity contribution in [2.45, 2.75) is 26.3 Å². The first kappa shape index (κ1) is 15.5. The van der Waals surface area contributed by atoms with Crippen LogP contribution in [0.25, 0.3) is 0 Å². The first-order valence-electron chi connectivity index (χ1n) is 6.17. The van der Waals surface area contributed by atoms with E-state index in [1.165, 1.54) is 0 Å². The summed E-state index contributed by atoms with van der Waals surface area (Å²) < 4.78 is 4.78. The minimum absolute atomic E-state index is 0.0806. The van der Waals surface area contributed by atoms with Gasteiger partial charge in [-0.2, -0.15) is 0 Å². The maximum absolute atomic E-state index is 11.8. The average Bonchev–Trinajstić information content (AvgIpc) is 2.39. The van der Waals surface area contributed by atoms with Crippen molar-refractivity contribution >= 4 is 23.5 Å². The lowest BCUT2D eigenvalue weighted by atomic mass is 10.2. The molecule has 4 nitrogen and oxygen atoms in total. The monoisotopic (exact) mass is 283 g/mol. The predicted molar refractivity (Wildman–Crippen MR) is 73.8 cm³/mol. The highest BCUT2D eigenvalue weighted by Crippen LogP contribution is 2.11. The SMILES string of the molecule is CCOC(=O)CCC(=O)N(C)Cc1ccc(Cl)cc1. The Balaban J connectivity index is 2.40. The van der Waals surface area contributed by atoms with Gasteiger partial charge in [-0.25, -0.2) is 0 Å². The molecule has 1 amide bonds. The second-order valence-electron chi connectivity index (χ2n) is 4.18. The number of nitrogens with zero attached hydrogens (tertiary/aromatic N) is 1. The highest BCUT2D eigenvalue weighted by atomic mass is 35.5. The minimum atomic E-state index is -0.337. The van der Waals surface area contributed by atoms with Crippen molar-refractivity contribution in [3.8, 4) is 0 Å². The molecular formula is C14H18ClNO3. The zero-order valence-electron chi connectivity index (χ0n) is 11.2. The highest BCUT2D eigenvalue weighted by Gasteiger charge is 2.12. The Kier molecular flexibility index (Phi) is 6.36. The first-order chi connectivity index (χ1) is 9.02. The molecule has 1 aromatic carbocycles. The van der Waals surface area contributed by atoms with Gasteiger partial charge in [-0.05, 0) is 24.6 Å². The van der Waals surface area contributed by atoms with Crippen LogP contribution in [0.5, 0.6) is 0 Å². The summed E-state index contributed by atoms with van der Waals surface area (Å²) in [5.41, 5.74) is 0.997. The third kappa shape index (κ3) is 5.75. The van der Waals surface area contributed by atoms with Crippen molar-refractivity contribution in [3.63, 3.8) is 0 Å². The van der Waals surface area contributed by atoms with E-state index in [9.17, 15) is 9.59 Å². The zero-order valence-corrected chi connectivity index (χ0v) is 11.9. The van der Waals surface area contributed by atoms with Crippen LogP contribution in [0.3, 0.4) is 0 Å². The number of rotatable bonds is 6. The Morgan fingerprint density at radius 3 is 2.42 bits per heavy atom. The molecular weight excluding hydrogens is 266 g/mol. The van der Waals surface area contributed by atoms with Gasteiger partial charge in [0.2, 0.25) is 5.91 Å². The molecule has 0 aliphatic carbocycles. The Morgan fingerprint density at radius 2 is 1.84 bits per heavy atom. The van der Waals surface area contributed by atoms with Crippen LogP contribution in [0.15, 0.2) is 24.3 Å². The molecule has 19 heavy (non-hydrogen) atoms. The lowest BCUT2D eigenvalue weighted by molar-refractivity contribution is -0.145. The largest absolute Gasteiger partial charge is 0.466 e. The molecule has 0 saturated heterocycles. The van der Waals surface area contributed by atoms with E-state index in [0.717, 1.165) is 5.56 Å². The fourth-order valence-electron chi connectivity index (χ4n) is 1.58. The van der Waals surface area contributed by atoms with E-state index in [4.69, 9.17) is 16.3 Å². The zero-order chi connectivity index (χ0) is 14.3. The molecule has 0 bridgehead atoms. The molecule has 1 aromatic rings. The van der Waals surface area contributed by atoms with E-state index in [1.54, 1.807) is 31.0 Å². The summed E-state index contributed by atoms with van der Waals surface area (Å²) in [5.74, 6) is -0.418. The van der Waals surface area contributed by atoms with E-state index in [1.807, 2.05) is 12.1 Å². The maximum atomic E-state index is 11.8. The quantitative estimate of drug-likeness (QED) is 0.754. The van der Waals surface area contributed by atoms with Crippen LogP contribution >= 0.6 is 11.6 Å². The summed E-state index contributed by atoms with van der Waals surface area (Å²) in [6.45, 7) is 2.58. The van der Waals surface area contributed by atoms with E-state index in [2.05, 4.69) is 0 Å². The standard InChI is InChI=1S/C14H18ClNO3/c1-3-19-14(18)9-8-13(17)16(2)10-11-4-6-12(15)7-5-11/h4-7H,3,8-10H2,1-2H3. The highest BCUT2D eigenvalue weighted by molar-refractivity contribution is 6.30. The molecule has 0 N–H and O–H groups in total. The molecule has 0 aliphatic heterocycles. The molecule has 1 rings (SSSR count). The molecule has 0 saturated carbocycles. The Morgan fingerprint density at radius 1 is 1.21 bits per heavy atom. The van der Waals surface area contributed by atoms with Crippen LogP contribution < -0.4 is 0 Å². The van der Waals surface area contributed by atoms with Gasteiger partial charge in [0.15, 0.2) is 0 Å². The summed E-state index contributed by atoms with van der Waals surface area (Å²) in [4.78, 5) is 24.6. The maximum Gasteiger partial charge on any atom is 0.306 e. The smallest absolute Gasteiger partial charge is 0.306 e. The van der Waals surface area contributed by atoms with Gasteiger partial charge in [0.25, 0.3) is 0 Å². The molecule has 0 fully saturated rings. The van der Waals surface area contributed by atoms with Gasteiger partial charge in [0, 0.05) is 25.0 Å². The van der Waals surface area contributed by atoms with E-state index in [-0.39, 0.29) is 24.7 Å². The van der Waals surface area contributed by atoms with Crippen molar-refractivity contribution < 1.29 is 14.3 Å². The second-order valence-corrected chi connectivity index (χ2v) is 4.62. The van der Waals surface area contributed by atoms with Crippen molar-refractivity contribution in [3.05, 3.63) is 34.9 Å². The fourth-order valence-corrected chi connectivity index (χ4v) is 1.71. The molecule has 5 heteroatoms. The number of halogens is 1. The van der Waals surface area contributed by atoms with Crippen LogP contribution in [0.1, 0.15) is 25.3 Å². The summed E-state index contributed by atoms with van der Waals surface area (Å²) >= 11 is 5.79. The Hall–Kier alpha value is -1.55. The summed E-state index contributed by atoms with van der Waals surface area (Å²) in [5, 5.41) is 0.667. The summed E-state index contributed by atoms with van der Waals surface area (Å²) in [6.07, 6.45) is 0.292. The van der Waals surface area contributed by atoms with Gasteiger partial charge in [0.1, 0.15) is 0 Å². The third-order valence-corrected chi connectivity index (χ3v) is 2.86. The normalized spacial score (nSPS) is 10.1. The molecule has 104 valence electrons. The molecule has 0 heterocycles. The summed E-state index contributed by atoms with van der Waals surface area (Å²) in [7, 11) is 1.71. The Labute approximate surface area is 118 Å². The number of benzene rings is 1. The lowest BCUT2D eigenvalue weighted by Crippen LogP contribution is -2.26. The van der Waals surface area contributed by atoms with Crippen LogP contribution in [-0.4, -0.2) is 30.4 Å².